The number of aromatic nitrogens is 2. The monoisotopic (exact) mass is 432 g/mol. The number of H-pyrrole nitrogens is 1. The fraction of sp³-hybridized carbons (Fsp3) is 0.500. The summed E-state index contributed by atoms with van der Waals surface area (Å²) in [5.41, 5.74) is 1.08. The van der Waals surface area contributed by atoms with Gasteiger partial charge in [0.05, 0.1) is 16.8 Å². The number of imidazole rings is 1. The van der Waals surface area contributed by atoms with E-state index in [2.05, 4.69) is 16.2 Å². The number of halogens is 2. The van der Waals surface area contributed by atoms with Gasteiger partial charge in [-0.3, -0.25) is 0 Å². The largest absolute Gasteiger partial charge is 0.362 e. The molecule has 5 nitrogen and oxygen atoms in total. The van der Waals surface area contributed by atoms with Gasteiger partial charge in [-0.2, -0.15) is 11.8 Å². The molecule has 1 aliphatic carbocycles. The second-order valence-corrected chi connectivity index (χ2v) is 10.2. The third-order valence-corrected chi connectivity index (χ3v) is 6.82. The van der Waals surface area contributed by atoms with Crippen molar-refractivity contribution in [3.63, 3.8) is 0 Å². The van der Waals surface area contributed by atoms with Crippen LogP contribution in [0.2, 0.25) is 5.02 Å². The highest BCUT2D eigenvalue weighted by Crippen LogP contribution is 2.38. The average molecular weight is 433 g/mol. The fourth-order valence-corrected chi connectivity index (χ4v) is 5.08. The van der Waals surface area contributed by atoms with Crippen LogP contribution < -0.4 is 0 Å². The molecule has 0 spiro atoms. The lowest BCUT2D eigenvalue weighted by Crippen LogP contribution is -2.34. The molecule has 3 rings (SSSR count). The number of aryl methyl sites for hydroxylation is 1. The molecule has 0 radical (unpaired) electrons. The van der Waals surface area contributed by atoms with Crippen molar-refractivity contribution in [3.8, 4) is 0 Å². The number of rotatable bonds is 7. The molecule has 0 aliphatic heterocycles. The number of benzene rings is 1. The van der Waals surface area contributed by atoms with Crippen LogP contribution in [0.4, 0.5) is 4.39 Å². The molecule has 1 saturated carbocycles. The smallest absolute Gasteiger partial charge is 0.194 e. The van der Waals surface area contributed by atoms with Crippen molar-refractivity contribution in [3.05, 3.63) is 46.1 Å². The highest BCUT2D eigenvalue weighted by atomic mass is 35.5. The second kappa shape index (κ2) is 8.11. The number of hydrogen-bond acceptors (Lipinski definition) is 5. The summed E-state index contributed by atoms with van der Waals surface area (Å²) >= 11 is 7.75. The Morgan fingerprint density at radius 3 is 2.70 bits per heavy atom. The maximum atomic E-state index is 13.6. The highest BCUT2D eigenvalue weighted by Gasteiger charge is 2.34. The van der Waals surface area contributed by atoms with E-state index in [0.29, 0.717) is 23.0 Å². The van der Waals surface area contributed by atoms with E-state index in [1.54, 1.807) is 13.0 Å². The summed E-state index contributed by atoms with van der Waals surface area (Å²) in [5, 5.41) is -0.0187. The van der Waals surface area contributed by atoms with Crippen LogP contribution in [0.15, 0.2) is 23.2 Å². The standard InChI is InChI=1S/C18H22ClFN2O3S2/c1-10-18(27(3,23)24)22-17(21-10)16(12-4-5-15(20)14(19)8-12)25-13-6-11(7-13)9-26-2/h4-5,8,11,13,16H,6-7,9H2,1-3H3,(H,21,22). The molecule has 1 aromatic heterocycles. The lowest BCUT2D eigenvalue weighted by atomic mass is 9.83. The molecular formula is C18H22ClFN2O3S2. The first kappa shape index (κ1) is 20.6. The van der Waals surface area contributed by atoms with Crippen LogP contribution in [-0.2, 0) is 14.6 Å². The van der Waals surface area contributed by atoms with Gasteiger partial charge >= 0.3 is 0 Å². The number of aromatic amines is 1. The van der Waals surface area contributed by atoms with Crippen LogP contribution in [-0.4, -0.2) is 42.8 Å². The lowest BCUT2D eigenvalue weighted by Gasteiger charge is -2.37. The number of thioether (sulfide) groups is 1. The van der Waals surface area contributed by atoms with E-state index in [-0.39, 0.29) is 16.2 Å². The van der Waals surface area contributed by atoms with Gasteiger partial charge in [-0.1, -0.05) is 17.7 Å². The Hall–Kier alpha value is -1.09. The molecule has 1 heterocycles. The van der Waals surface area contributed by atoms with E-state index in [1.807, 2.05) is 11.8 Å². The first-order valence-corrected chi connectivity index (χ1v) is 12.2. The van der Waals surface area contributed by atoms with Crippen molar-refractivity contribution in [1.82, 2.24) is 9.97 Å². The van der Waals surface area contributed by atoms with Gasteiger partial charge in [0.25, 0.3) is 0 Å². The average Bonchev–Trinajstić information content (AvgIpc) is 2.94. The molecule has 1 atom stereocenters. The van der Waals surface area contributed by atoms with Crippen molar-refractivity contribution >= 4 is 33.2 Å². The van der Waals surface area contributed by atoms with Crippen molar-refractivity contribution in [2.24, 2.45) is 5.92 Å². The number of nitrogens with one attached hydrogen (secondary N) is 1. The molecule has 0 saturated heterocycles. The van der Waals surface area contributed by atoms with E-state index in [1.165, 1.54) is 12.1 Å². The fourth-order valence-electron chi connectivity index (χ4n) is 3.28. The SMILES string of the molecule is CSCC1CC(OC(c2ccc(F)c(Cl)c2)c2nc(S(C)(=O)=O)c(C)[nH]2)C1. The summed E-state index contributed by atoms with van der Waals surface area (Å²) in [5.74, 6) is 1.57. The Bertz CT molecular complexity index is 927. The summed E-state index contributed by atoms with van der Waals surface area (Å²) < 4.78 is 43.7. The van der Waals surface area contributed by atoms with Crippen molar-refractivity contribution < 1.29 is 17.5 Å². The second-order valence-electron chi connectivity index (χ2n) is 6.93. The van der Waals surface area contributed by atoms with E-state index in [0.717, 1.165) is 24.9 Å². The van der Waals surface area contributed by atoms with Crippen LogP contribution in [0.5, 0.6) is 0 Å². The van der Waals surface area contributed by atoms with Gasteiger partial charge in [-0.05, 0) is 55.4 Å². The molecule has 9 heteroatoms. The van der Waals surface area contributed by atoms with E-state index in [4.69, 9.17) is 16.3 Å². The molecular weight excluding hydrogens is 411 g/mol. The molecule has 1 N–H and O–H groups in total. The van der Waals surface area contributed by atoms with Crippen LogP contribution in [0, 0.1) is 18.7 Å². The van der Waals surface area contributed by atoms with Gasteiger partial charge in [-0.15, -0.1) is 0 Å². The van der Waals surface area contributed by atoms with Crippen LogP contribution >= 0.6 is 23.4 Å². The minimum absolute atomic E-state index is 0.00632. The Labute approximate surface area is 168 Å². The number of hydrogen-bond donors (Lipinski definition) is 1. The van der Waals surface area contributed by atoms with Crippen molar-refractivity contribution in [1.29, 1.82) is 0 Å². The molecule has 1 unspecified atom stereocenters. The van der Waals surface area contributed by atoms with Crippen LogP contribution in [0.25, 0.3) is 0 Å². The number of nitrogens with zero attached hydrogens (tertiary/aromatic N) is 1. The van der Waals surface area contributed by atoms with Gasteiger partial charge in [0.1, 0.15) is 17.7 Å². The molecule has 1 fully saturated rings. The van der Waals surface area contributed by atoms with Crippen molar-refractivity contribution in [2.75, 3.05) is 18.3 Å². The Morgan fingerprint density at radius 1 is 1.44 bits per heavy atom. The van der Waals surface area contributed by atoms with Gasteiger partial charge < -0.3 is 9.72 Å². The highest BCUT2D eigenvalue weighted by molar-refractivity contribution is 7.98. The van der Waals surface area contributed by atoms with Crippen LogP contribution in [0.1, 0.15) is 36.0 Å². The molecule has 148 valence electrons. The normalized spacial score (nSPS) is 21.1. The summed E-state index contributed by atoms with van der Waals surface area (Å²) in [6, 6.07) is 4.36. The minimum Gasteiger partial charge on any atom is -0.362 e. The molecule has 0 amide bonds. The number of sulfone groups is 1. The third kappa shape index (κ3) is 4.67. The summed E-state index contributed by atoms with van der Waals surface area (Å²) in [4.78, 5) is 7.28. The summed E-state index contributed by atoms with van der Waals surface area (Å²) in [6.07, 6.45) is 4.47. The quantitative estimate of drug-likeness (QED) is 0.711. The first-order valence-electron chi connectivity index (χ1n) is 8.55. The van der Waals surface area contributed by atoms with Gasteiger partial charge in [-0.25, -0.2) is 17.8 Å². The zero-order valence-corrected chi connectivity index (χ0v) is 17.7. The summed E-state index contributed by atoms with van der Waals surface area (Å²) in [7, 11) is -3.47. The van der Waals surface area contributed by atoms with Gasteiger partial charge in [0.2, 0.25) is 0 Å². The molecule has 1 aliphatic rings. The van der Waals surface area contributed by atoms with Gasteiger partial charge in [0, 0.05) is 6.26 Å². The third-order valence-electron chi connectivity index (χ3n) is 4.63. The molecule has 27 heavy (non-hydrogen) atoms. The number of ether oxygens (including phenoxy) is 1. The van der Waals surface area contributed by atoms with E-state index >= 15 is 0 Å². The maximum absolute atomic E-state index is 13.6. The molecule has 2 aromatic rings. The first-order chi connectivity index (χ1) is 12.7. The zero-order valence-electron chi connectivity index (χ0n) is 15.3. The van der Waals surface area contributed by atoms with Crippen molar-refractivity contribution in [2.45, 2.75) is 37.0 Å². The van der Waals surface area contributed by atoms with E-state index in [9.17, 15) is 12.8 Å². The zero-order chi connectivity index (χ0) is 19.8. The minimum atomic E-state index is -3.47. The van der Waals surface area contributed by atoms with Gasteiger partial charge in [0.15, 0.2) is 14.9 Å². The van der Waals surface area contributed by atoms with E-state index < -0.39 is 21.8 Å². The summed E-state index contributed by atoms with van der Waals surface area (Å²) in [6.45, 7) is 1.65. The topological polar surface area (TPSA) is 72.0 Å². The molecule has 0 bridgehead atoms. The predicted molar refractivity (Wildman–Crippen MR) is 106 cm³/mol. The predicted octanol–water partition coefficient (Wildman–Crippen LogP) is 4.16. The maximum Gasteiger partial charge on any atom is 0.194 e. The van der Waals surface area contributed by atoms with Crippen LogP contribution in [0.3, 0.4) is 0 Å². The Balaban J connectivity index is 1.92. The molecule has 1 aromatic carbocycles. The Kier molecular flexibility index (Phi) is 6.20. The Morgan fingerprint density at radius 2 is 2.15 bits per heavy atom. The lowest BCUT2D eigenvalue weighted by molar-refractivity contribution is -0.0598.